The van der Waals surface area contributed by atoms with E-state index in [4.69, 9.17) is 4.74 Å². The van der Waals surface area contributed by atoms with E-state index in [1.807, 2.05) is 39.8 Å². The second-order valence-electron chi connectivity index (χ2n) is 10.2. The summed E-state index contributed by atoms with van der Waals surface area (Å²) in [6.45, 7) is 9.96. The van der Waals surface area contributed by atoms with Gasteiger partial charge in [-0.3, -0.25) is 14.8 Å². The number of aromatic nitrogens is 2. The summed E-state index contributed by atoms with van der Waals surface area (Å²) in [6, 6.07) is 7.97. The van der Waals surface area contributed by atoms with Crippen LogP contribution in [0.4, 0.5) is 0 Å². The molecule has 1 aliphatic carbocycles. The van der Waals surface area contributed by atoms with Gasteiger partial charge in [-0.2, -0.15) is 5.26 Å². The SMILES string of the molecule is CCC(CC(=C(C#N)c1cc(OC)cnc1C)c1ccc(C(=O)NC(C)(C)C)cn1)C1CCC1. The number of pyridine rings is 2. The lowest BCUT2D eigenvalue weighted by atomic mass is 9.71. The van der Waals surface area contributed by atoms with Gasteiger partial charge in [0.25, 0.3) is 5.91 Å². The van der Waals surface area contributed by atoms with Gasteiger partial charge in [0.1, 0.15) is 11.8 Å². The van der Waals surface area contributed by atoms with Crippen molar-refractivity contribution in [3.05, 3.63) is 53.1 Å². The van der Waals surface area contributed by atoms with Crippen LogP contribution < -0.4 is 10.1 Å². The minimum atomic E-state index is -0.331. The zero-order valence-electron chi connectivity index (χ0n) is 21.2. The monoisotopic (exact) mass is 460 g/mol. The van der Waals surface area contributed by atoms with E-state index in [-0.39, 0.29) is 11.4 Å². The molecule has 2 aromatic rings. The van der Waals surface area contributed by atoms with Crippen LogP contribution in [0.1, 0.15) is 87.1 Å². The first-order chi connectivity index (χ1) is 16.2. The van der Waals surface area contributed by atoms with Gasteiger partial charge in [0.15, 0.2) is 0 Å². The fraction of sp³-hybridized carbons (Fsp3) is 0.500. The molecule has 2 aromatic heterocycles. The molecular weight excluding hydrogens is 424 g/mol. The van der Waals surface area contributed by atoms with Gasteiger partial charge in [-0.25, -0.2) is 0 Å². The predicted octanol–water partition coefficient (Wildman–Crippen LogP) is 5.97. The van der Waals surface area contributed by atoms with Crippen LogP contribution in [0.15, 0.2) is 30.6 Å². The number of carbonyl (C=O) groups is 1. The quantitative estimate of drug-likeness (QED) is 0.490. The zero-order valence-corrected chi connectivity index (χ0v) is 21.2. The molecule has 0 radical (unpaired) electrons. The number of aryl methyl sites for hydroxylation is 1. The summed E-state index contributed by atoms with van der Waals surface area (Å²) < 4.78 is 5.38. The Kier molecular flexibility index (Phi) is 8.09. The van der Waals surface area contributed by atoms with Gasteiger partial charge in [-0.1, -0.05) is 32.6 Å². The molecule has 0 saturated heterocycles. The number of allylic oxidation sites excluding steroid dienone is 2. The van der Waals surface area contributed by atoms with Crippen molar-refractivity contribution in [2.24, 2.45) is 11.8 Å². The fourth-order valence-electron chi connectivity index (χ4n) is 4.44. The average molecular weight is 461 g/mol. The van der Waals surface area contributed by atoms with Crippen LogP contribution >= 0.6 is 0 Å². The highest BCUT2D eigenvalue weighted by Gasteiger charge is 2.29. The van der Waals surface area contributed by atoms with Crippen LogP contribution in [0.25, 0.3) is 11.1 Å². The lowest BCUT2D eigenvalue weighted by Crippen LogP contribution is -2.40. The molecule has 2 heterocycles. The maximum absolute atomic E-state index is 12.6. The Labute approximate surface area is 203 Å². The van der Waals surface area contributed by atoms with Crippen LogP contribution in [0.5, 0.6) is 5.75 Å². The van der Waals surface area contributed by atoms with Gasteiger partial charge in [0, 0.05) is 23.0 Å². The molecule has 0 bridgehead atoms. The largest absolute Gasteiger partial charge is 0.495 e. The van der Waals surface area contributed by atoms with E-state index in [9.17, 15) is 10.1 Å². The molecule has 1 atom stereocenters. The van der Waals surface area contributed by atoms with E-state index in [1.165, 1.54) is 19.3 Å². The Morgan fingerprint density at radius 1 is 1.26 bits per heavy atom. The van der Waals surface area contributed by atoms with Crippen molar-refractivity contribution in [2.45, 2.75) is 72.3 Å². The summed E-state index contributed by atoms with van der Waals surface area (Å²) in [7, 11) is 1.60. The molecule has 1 N–H and O–H groups in total. The van der Waals surface area contributed by atoms with Crippen molar-refractivity contribution in [1.82, 2.24) is 15.3 Å². The van der Waals surface area contributed by atoms with E-state index < -0.39 is 0 Å². The minimum absolute atomic E-state index is 0.161. The third-order valence-corrected chi connectivity index (χ3v) is 6.61. The molecule has 6 heteroatoms. The standard InChI is InChI=1S/C28H36N4O2/c1-7-19(20-9-8-10-20)13-24(25(15-29)23-14-22(34-6)17-30-18(23)2)26-12-11-21(16-31-26)27(33)32-28(3,4)5/h11-12,14,16-17,19-20H,7-10,13H2,1-6H3,(H,32,33). The summed E-state index contributed by atoms with van der Waals surface area (Å²) in [5.41, 5.74) is 3.90. The number of hydrogen-bond donors (Lipinski definition) is 1. The smallest absolute Gasteiger partial charge is 0.253 e. The highest BCUT2D eigenvalue weighted by Crippen LogP contribution is 2.42. The molecule has 1 saturated carbocycles. The van der Waals surface area contributed by atoms with Gasteiger partial charge in [-0.05, 0) is 69.7 Å². The minimum Gasteiger partial charge on any atom is -0.495 e. The van der Waals surface area contributed by atoms with Crippen LogP contribution in [0, 0.1) is 30.1 Å². The lowest BCUT2D eigenvalue weighted by molar-refractivity contribution is 0.0919. The van der Waals surface area contributed by atoms with Gasteiger partial charge < -0.3 is 10.1 Å². The first-order valence-electron chi connectivity index (χ1n) is 12.1. The second-order valence-corrected chi connectivity index (χ2v) is 10.2. The molecule has 180 valence electrons. The molecule has 34 heavy (non-hydrogen) atoms. The maximum Gasteiger partial charge on any atom is 0.253 e. The van der Waals surface area contributed by atoms with Crippen molar-refractivity contribution >= 4 is 17.1 Å². The van der Waals surface area contributed by atoms with Crippen LogP contribution in [0.3, 0.4) is 0 Å². The third kappa shape index (κ3) is 6.02. The van der Waals surface area contributed by atoms with Crippen molar-refractivity contribution in [3.63, 3.8) is 0 Å². The number of nitrogens with zero attached hydrogens (tertiary/aromatic N) is 3. The Morgan fingerprint density at radius 2 is 2.00 bits per heavy atom. The summed E-state index contributed by atoms with van der Waals surface area (Å²) in [4.78, 5) is 21.7. The normalized spacial score (nSPS) is 15.6. The van der Waals surface area contributed by atoms with Crippen molar-refractivity contribution in [3.8, 4) is 11.8 Å². The van der Waals surface area contributed by atoms with Crippen LogP contribution in [-0.4, -0.2) is 28.5 Å². The molecule has 1 amide bonds. The van der Waals surface area contributed by atoms with Gasteiger partial charge in [0.05, 0.1) is 30.1 Å². The Balaban J connectivity index is 2.08. The molecule has 0 spiro atoms. The van der Waals surface area contributed by atoms with Crippen LogP contribution in [0.2, 0.25) is 0 Å². The fourth-order valence-corrected chi connectivity index (χ4v) is 4.44. The van der Waals surface area contributed by atoms with E-state index in [0.29, 0.717) is 28.7 Å². The first kappa shape index (κ1) is 25.4. The molecule has 6 nitrogen and oxygen atoms in total. The number of carbonyl (C=O) groups excluding carboxylic acids is 1. The number of hydrogen-bond acceptors (Lipinski definition) is 5. The molecule has 1 aliphatic rings. The molecular formula is C28H36N4O2. The number of nitrogens with one attached hydrogen (secondary N) is 1. The maximum atomic E-state index is 12.6. The van der Waals surface area contributed by atoms with E-state index in [1.54, 1.807) is 25.6 Å². The number of ether oxygens (including phenoxy) is 1. The topological polar surface area (TPSA) is 87.9 Å². The first-order valence-corrected chi connectivity index (χ1v) is 12.1. The number of amides is 1. The van der Waals surface area contributed by atoms with Gasteiger partial charge in [-0.15, -0.1) is 0 Å². The molecule has 0 aliphatic heterocycles. The molecule has 1 unspecified atom stereocenters. The van der Waals surface area contributed by atoms with E-state index in [0.717, 1.165) is 35.4 Å². The summed E-state index contributed by atoms with van der Waals surface area (Å²) >= 11 is 0. The Hall–Kier alpha value is -3.20. The Morgan fingerprint density at radius 3 is 2.50 bits per heavy atom. The third-order valence-electron chi connectivity index (χ3n) is 6.61. The van der Waals surface area contributed by atoms with Crippen LogP contribution in [-0.2, 0) is 0 Å². The van der Waals surface area contributed by atoms with Crippen molar-refractivity contribution in [2.75, 3.05) is 7.11 Å². The molecule has 3 rings (SSSR count). The zero-order chi connectivity index (χ0) is 24.9. The van der Waals surface area contributed by atoms with E-state index in [2.05, 4.69) is 28.3 Å². The average Bonchev–Trinajstić information content (AvgIpc) is 2.77. The number of rotatable bonds is 8. The highest BCUT2D eigenvalue weighted by atomic mass is 16.5. The van der Waals surface area contributed by atoms with Crippen molar-refractivity contribution in [1.29, 1.82) is 5.26 Å². The van der Waals surface area contributed by atoms with E-state index >= 15 is 0 Å². The second kappa shape index (κ2) is 10.8. The highest BCUT2D eigenvalue weighted by molar-refractivity contribution is 5.98. The molecule has 1 fully saturated rings. The number of methoxy groups -OCH3 is 1. The Bertz CT molecular complexity index is 1090. The predicted molar refractivity (Wildman–Crippen MR) is 135 cm³/mol. The summed E-state index contributed by atoms with van der Waals surface area (Å²) in [6.07, 6.45) is 8.85. The molecule has 0 aromatic carbocycles. The van der Waals surface area contributed by atoms with Crippen molar-refractivity contribution < 1.29 is 9.53 Å². The summed E-state index contributed by atoms with van der Waals surface area (Å²) in [5.74, 6) is 1.62. The number of nitriles is 1. The van der Waals surface area contributed by atoms with Gasteiger partial charge in [0.2, 0.25) is 0 Å². The van der Waals surface area contributed by atoms with Gasteiger partial charge >= 0.3 is 0 Å². The lowest BCUT2D eigenvalue weighted by Gasteiger charge is -2.34. The summed E-state index contributed by atoms with van der Waals surface area (Å²) in [5, 5.41) is 13.3.